The predicted molar refractivity (Wildman–Crippen MR) is 134 cm³/mol. The number of amidine groups is 1. The van der Waals surface area contributed by atoms with E-state index in [2.05, 4.69) is 10.2 Å². The Balaban J connectivity index is 1.41. The monoisotopic (exact) mass is 492 g/mol. The number of nitrogens with one attached hydrogen (secondary N) is 1. The van der Waals surface area contributed by atoms with Crippen LogP contribution in [0.1, 0.15) is 18.1 Å². The lowest BCUT2D eigenvalue weighted by atomic mass is 10.1. The zero-order valence-electron chi connectivity index (χ0n) is 20.2. The molecule has 0 unspecified atom stereocenters. The van der Waals surface area contributed by atoms with E-state index in [0.717, 1.165) is 34.8 Å². The quantitative estimate of drug-likeness (QED) is 0.498. The highest BCUT2D eigenvalue weighted by atomic mass is 19.2. The highest BCUT2D eigenvalue weighted by Gasteiger charge is 2.32. The summed E-state index contributed by atoms with van der Waals surface area (Å²) >= 11 is 0. The molecule has 36 heavy (non-hydrogen) atoms. The predicted octanol–water partition coefficient (Wildman–Crippen LogP) is 5.70. The molecule has 7 nitrogen and oxygen atoms in total. The minimum atomic E-state index is -1.01. The van der Waals surface area contributed by atoms with Crippen LogP contribution in [0, 0.1) is 18.6 Å². The molecule has 9 heteroatoms. The van der Waals surface area contributed by atoms with Crippen molar-refractivity contribution in [1.29, 1.82) is 0 Å². The van der Waals surface area contributed by atoms with Crippen LogP contribution in [0.25, 0.3) is 0 Å². The molecule has 0 bridgehead atoms. The molecular weight excluding hydrogens is 466 g/mol. The fourth-order valence-electron chi connectivity index (χ4n) is 4.45. The smallest absolute Gasteiger partial charge is 0.322 e. The largest absolute Gasteiger partial charge is 0.497 e. The van der Waals surface area contributed by atoms with E-state index in [1.165, 1.54) is 6.07 Å². The average Bonchev–Trinajstić information content (AvgIpc) is 3.02. The number of amides is 2. The molecule has 0 aliphatic carbocycles. The van der Waals surface area contributed by atoms with Gasteiger partial charge in [-0.2, -0.15) is 0 Å². The number of nitrogens with zero attached hydrogens (tertiary/aromatic N) is 3. The fraction of sp³-hybridized carbons (Fsp3) is 0.259. The van der Waals surface area contributed by atoms with E-state index in [4.69, 9.17) is 14.5 Å². The molecule has 2 aliphatic rings. The van der Waals surface area contributed by atoms with Crippen molar-refractivity contribution < 1.29 is 23.0 Å². The summed E-state index contributed by atoms with van der Waals surface area (Å²) < 4.78 is 38.5. The van der Waals surface area contributed by atoms with Gasteiger partial charge in [0.25, 0.3) is 0 Å². The maximum Gasteiger partial charge on any atom is 0.322 e. The molecule has 1 N–H and O–H groups in total. The van der Waals surface area contributed by atoms with Gasteiger partial charge >= 0.3 is 6.03 Å². The lowest BCUT2D eigenvalue weighted by Crippen LogP contribution is -2.56. The van der Waals surface area contributed by atoms with Gasteiger partial charge in [0, 0.05) is 37.4 Å². The first-order valence-corrected chi connectivity index (χ1v) is 11.7. The van der Waals surface area contributed by atoms with Gasteiger partial charge in [-0.1, -0.05) is 6.07 Å². The summed E-state index contributed by atoms with van der Waals surface area (Å²) in [6.07, 6.45) is 0. The number of aliphatic imine (C=N–C) groups is 1. The van der Waals surface area contributed by atoms with E-state index < -0.39 is 11.6 Å². The molecule has 1 fully saturated rings. The van der Waals surface area contributed by atoms with Crippen LogP contribution < -0.4 is 14.8 Å². The third-order valence-corrected chi connectivity index (χ3v) is 6.35. The van der Waals surface area contributed by atoms with E-state index in [1.54, 1.807) is 12.0 Å². The van der Waals surface area contributed by atoms with Crippen LogP contribution in [-0.4, -0.2) is 54.5 Å². The molecule has 0 saturated carbocycles. The van der Waals surface area contributed by atoms with Crippen molar-refractivity contribution in [3.8, 4) is 17.2 Å². The maximum atomic E-state index is 13.6. The Bertz CT molecular complexity index is 1360. The molecule has 1 saturated heterocycles. The first-order chi connectivity index (χ1) is 17.3. The van der Waals surface area contributed by atoms with Gasteiger partial charge in [-0.25, -0.2) is 18.6 Å². The number of hydrogen-bond donors (Lipinski definition) is 1. The molecule has 1 atom stereocenters. The van der Waals surface area contributed by atoms with E-state index in [0.29, 0.717) is 36.9 Å². The van der Waals surface area contributed by atoms with Crippen molar-refractivity contribution in [3.63, 3.8) is 0 Å². The van der Waals surface area contributed by atoms with Crippen LogP contribution in [0.15, 0.2) is 59.6 Å². The summed E-state index contributed by atoms with van der Waals surface area (Å²) in [7, 11) is 1.61. The van der Waals surface area contributed by atoms with E-state index in [1.807, 2.05) is 50.2 Å². The van der Waals surface area contributed by atoms with Crippen LogP contribution >= 0.6 is 0 Å². The van der Waals surface area contributed by atoms with Crippen LogP contribution in [0.2, 0.25) is 0 Å². The molecule has 3 aromatic carbocycles. The molecule has 2 heterocycles. The van der Waals surface area contributed by atoms with E-state index in [-0.39, 0.29) is 17.8 Å². The molecular formula is C27H26F2N4O3. The summed E-state index contributed by atoms with van der Waals surface area (Å²) in [5.41, 5.74) is 2.79. The second-order valence-electron chi connectivity index (χ2n) is 8.92. The summed E-state index contributed by atoms with van der Waals surface area (Å²) in [6.45, 7) is 5.39. The van der Waals surface area contributed by atoms with Crippen LogP contribution in [0.3, 0.4) is 0 Å². The van der Waals surface area contributed by atoms with Gasteiger partial charge in [-0.15, -0.1) is 0 Å². The number of piperazine rings is 1. The number of anilines is 1. The Morgan fingerprint density at radius 3 is 2.64 bits per heavy atom. The zero-order valence-corrected chi connectivity index (χ0v) is 20.2. The number of methoxy groups -OCH3 is 1. The molecule has 2 aliphatic heterocycles. The Labute approximate surface area is 208 Å². The number of rotatable bonds is 2. The third-order valence-electron chi connectivity index (χ3n) is 6.35. The Morgan fingerprint density at radius 2 is 1.89 bits per heavy atom. The Morgan fingerprint density at radius 1 is 1.06 bits per heavy atom. The zero-order chi connectivity index (χ0) is 25.4. The second-order valence-corrected chi connectivity index (χ2v) is 8.92. The minimum Gasteiger partial charge on any atom is -0.497 e. The number of fused-ring (bicyclic) bond motifs is 2. The Hall–Kier alpha value is -4.14. The lowest BCUT2D eigenvalue weighted by Gasteiger charge is -2.41. The van der Waals surface area contributed by atoms with Gasteiger partial charge in [0.2, 0.25) is 0 Å². The number of hydrogen-bond acceptors (Lipinski definition) is 5. The maximum absolute atomic E-state index is 13.6. The molecule has 0 spiro atoms. The van der Waals surface area contributed by atoms with Gasteiger partial charge in [0.15, 0.2) is 17.4 Å². The SMILES string of the molecule is COc1ccc2c(c1)C(N1CCN(C(=O)Nc3ccc(F)c(F)c3)[C@@H](C)C1)=Nc1ccc(C)cc1O2. The van der Waals surface area contributed by atoms with Crippen LogP contribution in [0.4, 0.5) is 25.0 Å². The summed E-state index contributed by atoms with van der Waals surface area (Å²) in [4.78, 5) is 21.7. The van der Waals surface area contributed by atoms with Crippen molar-refractivity contribution in [2.75, 3.05) is 32.1 Å². The molecule has 186 valence electrons. The van der Waals surface area contributed by atoms with Crippen molar-refractivity contribution in [1.82, 2.24) is 9.80 Å². The molecule has 0 aromatic heterocycles. The average molecular weight is 493 g/mol. The highest BCUT2D eigenvalue weighted by molar-refractivity contribution is 6.04. The minimum absolute atomic E-state index is 0.178. The van der Waals surface area contributed by atoms with Gasteiger partial charge in [0.1, 0.15) is 23.0 Å². The number of aryl methyl sites for hydroxylation is 1. The summed E-state index contributed by atoms with van der Waals surface area (Å²) in [5, 5.41) is 2.66. The van der Waals surface area contributed by atoms with Gasteiger partial charge in [0.05, 0.1) is 12.7 Å². The van der Waals surface area contributed by atoms with Crippen LogP contribution in [-0.2, 0) is 0 Å². The first-order valence-electron chi connectivity index (χ1n) is 11.7. The number of carbonyl (C=O) groups excluding carboxylic acids is 1. The van der Waals surface area contributed by atoms with Gasteiger partial charge < -0.3 is 24.6 Å². The normalized spacial score (nSPS) is 16.8. The summed E-state index contributed by atoms with van der Waals surface area (Å²) in [5.74, 6) is 0.795. The van der Waals surface area contributed by atoms with Gasteiger partial charge in [-0.3, -0.25) is 0 Å². The highest BCUT2D eigenvalue weighted by Crippen LogP contribution is 2.40. The van der Waals surface area contributed by atoms with Crippen molar-refractivity contribution >= 4 is 23.2 Å². The number of urea groups is 1. The number of carbonyl (C=O) groups is 1. The number of benzene rings is 3. The molecule has 5 rings (SSSR count). The first kappa shape index (κ1) is 23.6. The summed E-state index contributed by atoms with van der Waals surface area (Å²) in [6, 6.07) is 14.2. The van der Waals surface area contributed by atoms with Gasteiger partial charge in [-0.05, 0) is 61.9 Å². The van der Waals surface area contributed by atoms with Crippen LogP contribution in [0.5, 0.6) is 17.2 Å². The van der Waals surface area contributed by atoms with Crippen molar-refractivity contribution in [3.05, 3.63) is 77.4 Å². The third kappa shape index (κ3) is 4.56. The molecule has 2 amide bonds. The number of halogens is 2. The van der Waals surface area contributed by atoms with E-state index >= 15 is 0 Å². The Kier molecular flexibility index (Phi) is 6.22. The molecule has 3 aromatic rings. The standard InChI is InChI=1S/C27H26F2N4O3/c1-16-4-8-23-25(12-16)36-24-9-6-19(35-3)14-20(24)26(31-23)32-10-11-33(17(2)15-32)27(34)30-18-5-7-21(28)22(29)13-18/h4-9,12-14,17H,10-11,15H2,1-3H3,(H,30,34)/t17-/m0/s1. The number of ether oxygens (including phenoxy) is 2. The second kappa shape index (κ2) is 9.49. The molecule has 0 radical (unpaired) electrons. The van der Waals surface area contributed by atoms with E-state index in [9.17, 15) is 13.6 Å². The topological polar surface area (TPSA) is 66.4 Å². The lowest BCUT2D eigenvalue weighted by molar-refractivity contribution is 0.145. The van der Waals surface area contributed by atoms with Crippen molar-refractivity contribution in [2.24, 2.45) is 4.99 Å². The van der Waals surface area contributed by atoms with Crippen molar-refractivity contribution in [2.45, 2.75) is 19.9 Å². The fourth-order valence-corrected chi connectivity index (χ4v) is 4.45.